The Hall–Kier alpha value is -0.970. The van der Waals surface area contributed by atoms with E-state index in [1.807, 2.05) is 0 Å². The summed E-state index contributed by atoms with van der Waals surface area (Å²) < 4.78 is 14.0. The first-order valence-electron chi connectivity index (χ1n) is 5.84. The van der Waals surface area contributed by atoms with E-state index in [-0.39, 0.29) is 5.02 Å². The fraction of sp³-hybridized carbons (Fsp3) is 0.308. The molecule has 3 rings (SSSR count). The van der Waals surface area contributed by atoms with Gasteiger partial charge in [-0.15, -0.1) is 11.3 Å². The zero-order valence-electron chi connectivity index (χ0n) is 9.62. The quantitative estimate of drug-likeness (QED) is 0.926. The Morgan fingerprint density at radius 2 is 2.22 bits per heavy atom. The highest BCUT2D eigenvalue weighted by Crippen LogP contribution is 2.44. The molecule has 5 heteroatoms. The molecular weight excluding hydrogens is 271 g/mol. The maximum atomic E-state index is 14.0. The molecule has 1 aromatic heterocycles. The molecule has 1 saturated carbocycles. The average Bonchev–Trinajstić information content (AvgIpc) is 3.13. The summed E-state index contributed by atoms with van der Waals surface area (Å²) >= 11 is 7.27. The lowest BCUT2D eigenvalue weighted by atomic mass is 10.2. The molecule has 0 amide bonds. The number of hydrogen-bond acceptors (Lipinski definition) is 3. The minimum Gasteiger partial charge on any atom is -0.326 e. The van der Waals surface area contributed by atoms with E-state index in [0.717, 1.165) is 23.4 Å². The lowest BCUT2D eigenvalue weighted by Gasteiger charge is -1.99. The maximum Gasteiger partial charge on any atom is 0.152 e. The van der Waals surface area contributed by atoms with Gasteiger partial charge < -0.3 is 5.73 Å². The number of hydrogen-bond donors (Lipinski definition) is 1. The first-order chi connectivity index (χ1) is 8.70. The predicted molar refractivity (Wildman–Crippen MR) is 72.4 cm³/mol. The Morgan fingerprint density at radius 1 is 1.44 bits per heavy atom. The van der Waals surface area contributed by atoms with E-state index in [9.17, 15) is 4.39 Å². The second kappa shape index (κ2) is 4.61. The van der Waals surface area contributed by atoms with Gasteiger partial charge in [-0.25, -0.2) is 9.37 Å². The first-order valence-corrected chi connectivity index (χ1v) is 7.04. The summed E-state index contributed by atoms with van der Waals surface area (Å²) in [7, 11) is 0. The molecule has 1 heterocycles. The summed E-state index contributed by atoms with van der Waals surface area (Å²) in [5.74, 6) is 0.120. The molecule has 1 fully saturated rings. The lowest BCUT2D eigenvalue weighted by molar-refractivity contribution is 0.631. The van der Waals surface area contributed by atoms with Gasteiger partial charge in [0.2, 0.25) is 0 Å². The average molecular weight is 283 g/mol. The van der Waals surface area contributed by atoms with Crippen LogP contribution in [0, 0.1) is 5.82 Å². The van der Waals surface area contributed by atoms with Crippen LogP contribution in [0.25, 0.3) is 10.6 Å². The normalized spacial score (nSPS) is 15.1. The van der Waals surface area contributed by atoms with Crippen molar-refractivity contribution in [3.63, 3.8) is 0 Å². The Bertz CT molecular complexity index is 593. The van der Waals surface area contributed by atoms with E-state index in [4.69, 9.17) is 17.3 Å². The van der Waals surface area contributed by atoms with Gasteiger partial charge in [-0.05, 0) is 25.0 Å². The second-order valence-electron chi connectivity index (χ2n) is 4.41. The third-order valence-corrected chi connectivity index (χ3v) is 4.48. The minimum atomic E-state index is -0.404. The van der Waals surface area contributed by atoms with E-state index in [1.54, 1.807) is 18.2 Å². The van der Waals surface area contributed by atoms with Gasteiger partial charge in [0.15, 0.2) is 5.82 Å². The van der Waals surface area contributed by atoms with Crippen LogP contribution in [0.4, 0.5) is 4.39 Å². The highest BCUT2D eigenvalue weighted by atomic mass is 35.5. The lowest BCUT2D eigenvalue weighted by Crippen LogP contribution is -1.96. The van der Waals surface area contributed by atoms with Gasteiger partial charge in [0, 0.05) is 22.9 Å². The summed E-state index contributed by atoms with van der Waals surface area (Å²) in [6, 6.07) is 4.98. The van der Waals surface area contributed by atoms with E-state index in [0.29, 0.717) is 23.0 Å². The van der Waals surface area contributed by atoms with Gasteiger partial charge in [-0.2, -0.15) is 0 Å². The molecule has 1 aliphatic rings. The van der Waals surface area contributed by atoms with Gasteiger partial charge >= 0.3 is 0 Å². The van der Waals surface area contributed by atoms with Gasteiger partial charge in [-0.1, -0.05) is 17.7 Å². The second-order valence-corrected chi connectivity index (χ2v) is 5.90. The zero-order chi connectivity index (χ0) is 12.7. The van der Waals surface area contributed by atoms with E-state index in [1.165, 1.54) is 11.3 Å². The third-order valence-electron chi connectivity index (χ3n) is 3.06. The number of nitrogens with two attached hydrogens (primary N) is 1. The van der Waals surface area contributed by atoms with Crippen LogP contribution in [-0.4, -0.2) is 4.98 Å². The summed E-state index contributed by atoms with van der Waals surface area (Å²) in [5, 5.41) is 0.808. The minimum absolute atomic E-state index is 0.130. The van der Waals surface area contributed by atoms with E-state index < -0.39 is 5.82 Å². The number of nitrogens with zero attached hydrogens (tertiary/aromatic N) is 1. The Kier molecular flexibility index (Phi) is 3.09. The van der Waals surface area contributed by atoms with Gasteiger partial charge in [0.1, 0.15) is 5.01 Å². The standard InChI is InChI=1S/C13H12ClFN2S/c14-9-3-1-2-8(11(9)15)13-17-12(7-4-5-7)10(6-16)18-13/h1-3,7H,4-6,16H2. The molecule has 1 aliphatic carbocycles. The third kappa shape index (κ3) is 2.05. The molecule has 94 valence electrons. The van der Waals surface area contributed by atoms with Crippen molar-refractivity contribution in [3.8, 4) is 10.6 Å². The zero-order valence-corrected chi connectivity index (χ0v) is 11.2. The van der Waals surface area contributed by atoms with Gasteiger partial charge in [-0.3, -0.25) is 0 Å². The van der Waals surface area contributed by atoms with Crippen LogP contribution in [0.15, 0.2) is 18.2 Å². The molecule has 0 unspecified atom stereocenters. The number of rotatable bonds is 3. The fourth-order valence-electron chi connectivity index (χ4n) is 1.97. The largest absolute Gasteiger partial charge is 0.326 e. The fourth-order valence-corrected chi connectivity index (χ4v) is 3.19. The highest BCUT2D eigenvalue weighted by Gasteiger charge is 2.29. The molecule has 0 bridgehead atoms. The molecule has 2 N–H and O–H groups in total. The number of aromatic nitrogens is 1. The van der Waals surface area contributed by atoms with Crippen molar-refractivity contribution in [2.75, 3.05) is 0 Å². The van der Waals surface area contributed by atoms with E-state index in [2.05, 4.69) is 4.98 Å². The van der Waals surface area contributed by atoms with Crippen molar-refractivity contribution >= 4 is 22.9 Å². The molecule has 0 spiro atoms. The van der Waals surface area contributed by atoms with Crippen molar-refractivity contribution in [2.45, 2.75) is 25.3 Å². The van der Waals surface area contributed by atoms with E-state index >= 15 is 0 Å². The smallest absolute Gasteiger partial charge is 0.152 e. The molecule has 0 radical (unpaired) electrons. The van der Waals surface area contributed by atoms with Crippen LogP contribution in [0.1, 0.15) is 29.3 Å². The molecule has 1 aromatic carbocycles. The van der Waals surface area contributed by atoms with Crippen molar-refractivity contribution in [1.29, 1.82) is 0 Å². The number of thiazole rings is 1. The van der Waals surface area contributed by atoms with Crippen molar-refractivity contribution < 1.29 is 4.39 Å². The van der Waals surface area contributed by atoms with Crippen LogP contribution in [0.3, 0.4) is 0 Å². The predicted octanol–water partition coefficient (Wildman–Crippen LogP) is 3.94. The van der Waals surface area contributed by atoms with Crippen LogP contribution in [0.2, 0.25) is 5.02 Å². The summed E-state index contributed by atoms with van der Waals surface area (Å²) in [5.41, 5.74) is 7.25. The molecule has 0 aliphatic heterocycles. The van der Waals surface area contributed by atoms with Gasteiger partial charge in [0.25, 0.3) is 0 Å². The molecule has 2 aromatic rings. The Labute approximate surface area is 114 Å². The van der Waals surface area contributed by atoms with Crippen LogP contribution >= 0.6 is 22.9 Å². The summed E-state index contributed by atoms with van der Waals surface area (Å²) in [4.78, 5) is 5.62. The van der Waals surface area contributed by atoms with Gasteiger partial charge in [0.05, 0.1) is 10.7 Å². The molecule has 18 heavy (non-hydrogen) atoms. The van der Waals surface area contributed by atoms with Crippen molar-refractivity contribution in [1.82, 2.24) is 4.98 Å². The molecule has 0 saturated heterocycles. The highest BCUT2D eigenvalue weighted by molar-refractivity contribution is 7.15. The summed E-state index contributed by atoms with van der Waals surface area (Å²) in [6.07, 6.45) is 2.32. The number of halogens is 2. The molecule has 0 atom stereocenters. The van der Waals surface area contributed by atoms with Crippen LogP contribution < -0.4 is 5.73 Å². The Balaban J connectivity index is 2.08. The number of benzene rings is 1. The monoisotopic (exact) mass is 282 g/mol. The maximum absolute atomic E-state index is 14.0. The molecule has 2 nitrogen and oxygen atoms in total. The molecular formula is C13H12ClFN2S. The van der Waals surface area contributed by atoms with Crippen molar-refractivity contribution in [2.24, 2.45) is 5.73 Å². The van der Waals surface area contributed by atoms with Crippen LogP contribution in [-0.2, 0) is 6.54 Å². The first kappa shape index (κ1) is 12.1. The topological polar surface area (TPSA) is 38.9 Å². The van der Waals surface area contributed by atoms with Crippen molar-refractivity contribution in [3.05, 3.63) is 39.6 Å². The Morgan fingerprint density at radius 3 is 2.89 bits per heavy atom. The summed E-state index contributed by atoms with van der Waals surface area (Å²) in [6.45, 7) is 0.464. The SMILES string of the molecule is NCc1sc(-c2cccc(Cl)c2F)nc1C1CC1. The van der Waals surface area contributed by atoms with Crippen LogP contribution in [0.5, 0.6) is 0 Å².